The molecule has 1 unspecified atom stereocenters. The Morgan fingerprint density at radius 2 is 2.17 bits per heavy atom. The molecule has 1 atom stereocenters. The highest BCUT2D eigenvalue weighted by atomic mass is 16.6. The van der Waals surface area contributed by atoms with Gasteiger partial charge >= 0.3 is 0 Å². The number of ether oxygens (including phenoxy) is 2. The van der Waals surface area contributed by atoms with Gasteiger partial charge < -0.3 is 20.3 Å². The van der Waals surface area contributed by atoms with Crippen LogP contribution in [0.25, 0.3) is 0 Å². The molecule has 0 aliphatic carbocycles. The monoisotopic (exact) mass is 175 g/mol. The zero-order valence-corrected chi connectivity index (χ0v) is 7.16. The molecule has 70 valence electrons. The van der Waals surface area contributed by atoms with Crippen LogP contribution in [0.5, 0.6) is 0 Å². The van der Waals surface area contributed by atoms with Gasteiger partial charge in [-0.15, -0.1) is 0 Å². The lowest BCUT2D eigenvalue weighted by Gasteiger charge is -2.25. The summed E-state index contributed by atoms with van der Waals surface area (Å²) in [7, 11) is 2.59. The van der Waals surface area contributed by atoms with Crippen LogP contribution in [0.4, 0.5) is 0 Å². The van der Waals surface area contributed by atoms with Crippen LogP contribution in [0.15, 0.2) is 12.2 Å². The van der Waals surface area contributed by atoms with E-state index in [-0.39, 0.29) is 12.2 Å². The molecule has 0 fully saturated rings. The fourth-order valence-electron chi connectivity index (χ4n) is 0.657. The third-order valence-corrected chi connectivity index (χ3v) is 1.45. The summed E-state index contributed by atoms with van der Waals surface area (Å²) in [6, 6.07) is 0. The topological polar surface area (TPSA) is 81.8 Å². The number of amides is 1. The molecule has 0 aromatic heterocycles. The highest BCUT2D eigenvalue weighted by molar-refractivity contribution is 5.92. The van der Waals surface area contributed by atoms with E-state index in [1.807, 2.05) is 0 Å². The largest absolute Gasteiger partial charge is 0.379 e. The molecule has 0 radical (unpaired) electrons. The second-order valence-corrected chi connectivity index (χ2v) is 2.26. The summed E-state index contributed by atoms with van der Waals surface area (Å²) < 4.78 is 9.26. The van der Waals surface area contributed by atoms with Crippen molar-refractivity contribution in [2.45, 2.75) is 5.79 Å². The Hall–Kier alpha value is -0.910. The average Bonchev–Trinajstić information content (AvgIpc) is 2.03. The van der Waals surface area contributed by atoms with Crippen LogP contribution in [-0.4, -0.2) is 37.6 Å². The Morgan fingerprint density at radius 3 is 2.42 bits per heavy atom. The molecule has 3 N–H and O–H groups in total. The van der Waals surface area contributed by atoms with E-state index in [0.717, 1.165) is 0 Å². The van der Waals surface area contributed by atoms with Crippen LogP contribution >= 0.6 is 0 Å². The van der Waals surface area contributed by atoms with Crippen molar-refractivity contribution < 1.29 is 19.4 Å². The lowest BCUT2D eigenvalue weighted by molar-refractivity contribution is -0.186. The standard InChI is InChI=1S/C7H13NO4/c1-5(6(8)9)7(10,12-3)4-11-2/h10H,1,4H2,2-3H3,(H2,8,9). The van der Waals surface area contributed by atoms with Gasteiger partial charge in [0.25, 0.3) is 0 Å². The fourth-order valence-corrected chi connectivity index (χ4v) is 0.657. The third kappa shape index (κ3) is 2.30. The summed E-state index contributed by atoms with van der Waals surface area (Å²) in [6.07, 6.45) is 0. The quantitative estimate of drug-likeness (QED) is 0.415. The van der Waals surface area contributed by atoms with E-state index in [4.69, 9.17) is 5.73 Å². The van der Waals surface area contributed by atoms with Crippen LogP contribution in [0.1, 0.15) is 0 Å². The van der Waals surface area contributed by atoms with Gasteiger partial charge in [-0.05, 0) is 0 Å². The normalized spacial score (nSPS) is 15.2. The number of primary amides is 1. The second kappa shape index (κ2) is 4.20. The molecule has 0 aliphatic rings. The van der Waals surface area contributed by atoms with Gasteiger partial charge in [-0.1, -0.05) is 6.58 Å². The zero-order valence-electron chi connectivity index (χ0n) is 7.16. The maximum Gasteiger partial charge on any atom is 0.249 e. The minimum Gasteiger partial charge on any atom is -0.379 e. The summed E-state index contributed by atoms with van der Waals surface area (Å²) in [5, 5.41) is 9.51. The van der Waals surface area contributed by atoms with E-state index >= 15 is 0 Å². The fraction of sp³-hybridized carbons (Fsp3) is 0.571. The van der Waals surface area contributed by atoms with E-state index < -0.39 is 11.7 Å². The number of methoxy groups -OCH3 is 2. The van der Waals surface area contributed by atoms with Crippen LogP contribution in [0.3, 0.4) is 0 Å². The highest BCUT2D eigenvalue weighted by Gasteiger charge is 2.33. The van der Waals surface area contributed by atoms with Crippen LogP contribution in [0, 0.1) is 0 Å². The van der Waals surface area contributed by atoms with E-state index in [1.54, 1.807) is 0 Å². The first kappa shape index (κ1) is 11.1. The van der Waals surface area contributed by atoms with E-state index in [9.17, 15) is 9.90 Å². The summed E-state index contributed by atoms with van der Waals surface area (Å²) >= 11 is 0. The molecule has 0 saturated heterocycles. The van der Waals surface area contributed by atoms with E-state index in [0.29, 0.717) is 0 Å². The summed E-state index contributed by atoms with van der Waals surface area (Å²) in [5.41, 5.74) is 4.66. The van der Waals surface area contributed by atoms with Gasteiger partial charge in [0.1, 0.15) is 6.61 Å². The smallest absolute Gasteiger partial charge is 0.249 e. The Bertz CT molecular complexity index is 192. The first-order valence-corrected chi connectivity index (χ1v) is 3.23. The molecule has 0 spiro atoms. The van der Waals surface area contributed by atoms with Gasteiger partial charge in [-0.3, -0.25) is 4.79 Å². The van der Waals surface area contributed by atoms with Gasteiger partial charge in [0.2, 0.25) is 11.7 Å². The highest BCUT2D eigenvalue weighted by Crippen LogP contribution is 2.15. The molecule has 0 aliphatic heterocycles. The number of rotatable bonds is 5. The lowest BCUT2D eigenvalue weighted by atomic mass is 10.1. The second-order valence-electron chi connectivity index (χ2n) is 2.26. The lowest BCUT2D eigenvalue weighted by Crippen LogP contribution is -2.42. The van der Waals surface area contributed by atoms with Crippen LogP contribution in [-0.2, 0) is 14.3 Å². The maximum absolute atomic E-state index is 10.6. The molecule has 1 amide bonds. The third-order valence-electron chi connectivity index (χ3n) is 1.45. The summed E-state index contributed by atoms with van der Waals surface area (Å²) in [4.78, 5) is 10.6. The number of nitrogens with two attached hydrogens (primary N) is 1. The van der Waals surface area contributed by atoms with Crippen molar-refractivity contribution in [3.05, 3.63) is 12.2 Å². The Labute approximate surface area is 70.8 Å². The van der Waals surface area contributed by atoms with Crippen molar-refractivity contribution >= 4 is 5.91 Å². The zero-order chi connectivity index (χ0) is 9.78. The van der Waals surface area contributed by atoms with Gasteiger partial charge in [0.05, 0.1) is 5.57 Å². The molecule has 0 saturated carbocycles. The number of hydrogen-bond donors (Lipinski definition) is 2. The van der Waals surface area contributed by atoms with Gasteiger partial charge in [-0.2, -0.15) is 0 Å². The molecule has 5 nitrogen and oxygen atoms in total. The Morgan fingerprint density at radius 1 is 1.67 bits per heavy atom. The number of aliphatic hydroxyl groups is 1. The molecular weight excluding hydrogens is 162 g/mol. The predicted octanol–water partition coefficient (Wildman–Crippen LogP) is -0.991. The number of carbonyl (C=O) groups is 1. The SMILES string of the molecule is C=C(C(N)=O)C(O)(COC)OC. The number of carbonyl (C=O) groups excluding carboxylic acids is 1. The van der Waals surface area contributed by atoms with Gasteiger partial charge in [0.15, 0.2) is 0 Å². The minimum atomic E-state index is -1.82. The molecule has 0 aromatic carbocycles. The van der Waals surface area contributed by atoms with E-state index in [1.165, 1.54) is 14.2 Å². The molecule has 5 heteroatoms. The molecule has 0 bridgehead atoms. The van der Waals surface area contributed by atoms with Crippen LogP contribution < -0.4 is 5.73 Å². The van der Waals surface area contributed by atoms with Crippen molar-refractivity contribution in [2.24, 2.45) is 5.73 Å². The van der Waals surface area contributed by atoms with E-state index in [2.05, 4.69) is 16.1 Å². The Kier molecular flexibility index (Phi) is 3.88. The summed E-state index contributed by atoms with van der Waals surface area (Å²) in [5.74, 6) is -2.64. The Balaban J connectivity index is 4.51. The number of hydrogen-bond acceptors (Lipinski definition) is 4. The first-order chi connectivity index (χ1) is 5.48. The van der Waals surface area contributed by atoms with Crippen molar-refractivity contribution in [1.82, 2.24) is 0 Å². The van der Waals surface area contributed by atoms with Crippen molar-refractivity contribution in [2.75, 3.05) is 20.8 Å². The average molecular weight is 175 g/mol. The van der Waals surface area contributed by atoms with Gasteiger partial charge in [0, 0.05) is 14.2 Å². The first-order valence-electron chi connectivity index (χ1n) is 3.23. The molecule has 0 aromatic rings. The molecule has 0 heterocycles. The predicted molar refractivity (Wildman–Crippen MR) is 42.2 cm³/mol. The van der Waals surface area contributed by atoms with Crippen LogP contribution in [0.2, 0.25) is 0 Å². The molecular formula is C7H13NO4. The van der Waals surface area contributed by atoms with Gasteiger partial charge in [-0.25, -0.2) is 0 Å². The molecule has 12 heavy (non-hydrogen) atoms. The maximum atomic E-state index is 10.6. The van der Waals surface area contributed by atoms with Crippen molar-refractivity contribution in [3.63, 3.8) is 0 Å². The summed E-state index contributed by atoms with van der Waals surface area (Å²) in [6.45, 7) is 3.10. The molecule has 0 rings (SSSR count). The van der Waals surface area contributed by atoms with Crippen molar-refractivity contribution in [1.29, 1.82) is 0 Å². The minimum absolute atomic E-state index is 0.189. The van der Waals surface area contributed by atoms with Crippen molar-refractivity contribution in [3.8, 4) is 0 Å².